The lowest BCUT2D eigenvalue weighted by Gasteiger charge is -2.11. The van der Waals surface area contributed by atoms with Gasteiger partial charge in [-0.3, -0.25) is 0 Å². The van der Waals surface area contributed by atoms with Crippen molar-refractivity contribution in [3.63, 3.8) is 0 Å². The summed E-state index contributed by atoms with van der Waals surface area (Å²) in [6.45, 7) is 0.289. The van der Waals surface area contributed by atoms with Gasteiger partial charge in [-0.2, -0.15) is 0 Å². The number of hydrogen-bond donors (Lipinski definition) is 1. The van der Waals surface area contributed by atoms with E-state index in [1.807, 2.05) is 0 Å². The minimum atomic E-state index is -0.890. The number of nitrogens with one attached hydrogen (secondary N) is 1. The normalized spacial score (nSPS) is 25.0. The molecule has 0 saturated carbocycles. The van der Waals surface area contributed by atoms with E-state index in [1.165, 1.54) is 6.07 Å². The molecular weight excluding hydrogens is 245 g/mol. The molecule has 15 heavy (non-hydrogen) atoms. The van der Waals surface area contributed by atoms with Gasteiger partial charge in [-0.15, -0.1) is 12.4 Å². The predicted octanol–water partition coefficient (Wildman–Crippen LogP) is 2.67. The molecule has 1 aliphatic rings. The van der Waals surface area contributed by atoms with Gasteiger partial charge in [-0.25, -0.2) is 13.8 Å². The van der Waals surface area contributed by atoms with Crippen molar-refractivity contribution in [3.05, 3.63) is 28.8 Å². The Morgan fingerprint density at radius 2 is 2.27 bits per heavy atom. The van der Waals surface area contributed by atoms with Crippen molar-refractivity contribution in [2.45, 2.75) is 18.6 Å². The zero-order valence-corrected chi connectivity index (χ0v) is 9.29. The fraction of sp³-hybridized carbons (Fsp3) is 0.444. The van der Waals surface area contributed by atoms with Gasteiger partial charge in [0.1, 0.15) is 17.1 Å². The van der Waals surface area contributed by atoms with Gasteiger partial charge in [0.15, 0.2) is 0 Å². The van der Waals surface area contributed by atoms with E-state index in [2.05, 4.69) is 10.3 Å². The van der Waals surface area contributed by atoms with Crippen LogP contribution in [0.15, 0.2) is 12.3 Å². The number of alkyl halides is 1. The summed E-state index contributed by atoms with van der Waals surface area (Å²) in [4.78, 5) is 3.68. The zero-order chi connectivity index (χ0) is 10.1. The Bertz CT molecular complexity index is 349. The second-order valence-electron chi connectivity index (χ2n) is 3.33. The maximum atomic E-state index is 12.9. The molecule has 0 aliphatic carbocycles. The molecule has 0 unspecified atom stereocenters. The topological polar surface area (TPSA) is 24.9 Å². The molecule has 2 atom stereocenters. The van der Waals surface area contributed by atoms with Crippen molar-refractivity contribution in [1.82, 2.24) is 10.3 Å². The maximum absolute atomic E-state index is 12.9. The van der Waals surface area contributed by atoms with Crippen molar-refractivity contribution in [3.8, 4) is 0 Å². The van der Waals surface area contributed by atoms with Crippen LogP contribution in [0.1, 0.15) is 18.0 Å². The molecule has 0 radical (unpaired) electrons. The molecule has 1 aliphatic heterocycles. The smallest absolute Gasteiger partial charge is 0.141 e. The third-order valence-corrected chi connectivity index (χ3v) is 2.60. The van der Waals surface area contributed by atoms with Gasteiger partial charge in [0.05, 0.1) is 6.20 Å². The van der Waals surface area contributed by atoms with Crippen LogP contribution in [0.5, 0.6) is 0 Å². The molecule has 6 heteroatoms. The highest BCUT2D eigenvalue weighted by atomic mass is 35.5. The fourth-order valence-corrected chi connectivity index (χ4v) is 1.85. The number of pyridine rings is 1. The first-order chi connectivity index (χ1) is 6.66. The Hall–Kier alpha value is -0.450. The molecule has 2 nitrogen and oxygen atoms in total. The Balaban J connectivity index is 0.00000112. The van der Waals surface area contributed by atoms with Crippen LogP contribution in [0.4, 0.5) is 8.78 Å². The quantitative estimate of drug-likeness (QED) is 0.780. The number of hydrogen-bond acceptors (Lipinski definition) is 2. The van der Waals surface area contributed by atoms with Crippen LogP contribution in [0.25, 0.3) is 0 Å². The second-order valence-corrected chi connectivity index (χ2v) is 3.69. The van der Waals surface area contributed by atoms with E-state index in [1.54, 1.807) is 0 Å². The predicted molar refractivity (Wildman–Crippen MR) is 56.7 cm³/mol. The molecule has 84 valence electrons. The molecule has 2 heterocycles. The standard InChI is InChI=1S/C9H9ClF2N2.ClH/c10-9-7(1-5(11)4-14-9)8-2-6(12)3-13-8;/h1,4,6,8,13H,2-3H2;1H/t6-,8+;/m0./s1. The summed E-state index contributed by atoms with van der Waals surface area (Å²) < 4.78 is 25.7. The number of halogens is 4. The average molecular weight is 255 g/mol. The minimum absolute atomic E-state index is 0. The third kappa shape index (κ3) is 2.77. The molecular formula is C9H10Cl2F2N2. The van der Waals surface area contributed by atoms with E-state index in [9.17, 15) is 8.78 Å². The lowest BCUT2D eigenvalue weighted by Crippen LogP contribution is -2.14. The van der Waals surface area contributed by atoms with Gasteiger partial charge in [0, 0.05) is 18.2 Å². The van der Waals surface area contributed by atoms with E-state index in [0.717, 1.165) is 6.20 Å². The van der Waals surface area contributed by atoms with Crippen LogP contribution >= 0.6 is 24.0 Å². The summed E-state index contributed by atoms with van der Waals surface area (Å²) >= 11 is 5.78. The van der Waals surface area contributed by atoms with E-state index in [4.69, 9.17) is 11.6 Å². The molecule has 0 spiro atoms. The summed E-state index contributed by atoms with van der Waals surface area (Å²) in [6.07, 6.45) is 0.484. The highest BCUT2D eigenvalue weighted by Gasteiger charge is 2.26. The molecule has 1 aromatic heterocycles. The molecule has 0 amide bonds. The second kappa shape index (κ2) is 5.05. The molecule has 2 rings (SSSR count). The highest BCUT2D eigenvalue weighted by Crippen LogP contribution is 2.29. The van der Waals surface area contributed by atoms with Crippen molar-refractivity contribution in [2.75, 3.05) is 6.54 Å². The Kier molecular flexibility index (Phi) is 4.25. The SMILES string of the molecule is Cl.Fc1cnc(Cl)c([C@H]2C[C@H](F)CN2)c1. The fourth-order valence-electron chi connectivity index (χ4n) is 1.61. The number of rotatable bonds is 1. The first-order valence-corrected chi connectivity index (χ1v) is 4.73. The van der Waals surface area contributed by atoms with Crippen LogP contribution < -0.4 is 5.32 Å². The summed E-state index contributed by atoms with van der Waals surface area (Å²) in [5, 5.41) is 3.16. The minimum Gasteiger partial charge on any atom is -0.307 e. The lowest BCUT2D eigenvalue weighted by molar-refractivity contribution is 0.356. The summed E-state index contributed by atoms with van der Waals surface area (Å²) in [7, 11) is 0. The Labute approximate surface area is 97.4 Å². The van der Waals surface area contributed by atoms with Gasteiger partial charge >= 0.3 is 0 Å². The number of aromatic nitrogens is 1. The molecule has 1 aromatic rings. The van der Waals surface area contributed by atoms with Crippen molar-refractivity contribution < 1.29 is 8.78 Å². The maximum Gasteiger partial charge on any atom is 0.141 e. The summed E-state index contributed by atoms with van der Waals surface area (Å²) in [5.41, 5.74) is 0.534. The van der Waals surface area contributed by atoms with Crippen molar-refractivity contribution in [1.29, 1.82) is 0 Å². The van der Waals surface area contributed by atoms with Crippen LogP contribution in [-0.2, 0) is 0 Å². The van der Waals surface area contributed by atoms with E-state index in [-0.39, 0.29) is 30.1 Å². The molecule has 1 fully saturated rings. The van der Waals surface area contributed by atoms with Crippen molar-refractivity contribution in [2.24, 2.45) is 0 Å². The molecule has 1 N–H and O–H groups in total. The zero-order valence-electron chi connectivity index (χ0n) is 7.71. The first kappa shape index (κ1) is 12.6. The third-order valence-electron chi connectivity index (χ3n) is 2.29. The van der Waals surface area contributed by atoms with Gasteiger partial charge < -0.3 is 5.32 Å². The van der Waals surface area contributed by atoms with E-state index < -0.39 is 12.0 Å². The molecule has 0 aromatic carbocycles. The van der Waals surface area contributed by atoms with E-state index in [0.29, 0.717) is 12.0 Å². The Morgan fingerprint density at radius 3 is 2.87 bits per heavy atom. The van der Waals surface area contributed by atoms with Crippen LogP contribution in [0.3, 0.4) is 0 Å². The number of nitrogens with zero attached hydrogens (tertiary/aromatic N) is 1. The van der Waals surface area contributed by atoms with Crippen molar-refractivity contribution >= 4 is 24.0 Å². The summed E-state index contributed by atoms with van der Waals surface area (Å²) in [6, 6.07) is 1.08. The van der Waals surface area contributed by atoms with Gasteiger partial charge in [0.2, 0.25) is 0 Å². The van der Waals surface area contributed by atoms with Crippen LogP contribution in [0.2, 0.25) is 5.15 Å². The van der Waals surface area contributed by atoms with Crippen LogP contribution in [-0.4, -0.2) is 17.7 Å². The van der Waals surface area contributed by atoms with Gasteiger partial charge in [0.25, 0.3) is 0 Å². The summed E-state index contributed by atoms with van der Waals surface area (Å²) in [5.74, 6) is -0.450. The molecule has 0 bridgehead atoms. The highest BCUT2D eigenvalue weighted by molar-refractivity contribution is 6.30. The largest absolute Gasteiger partial charge is 0.307 e. The lowest BCUT2D eigenvalue weighted by atomic mass is 10.1. The molecule has 1 saturated heterocycles. The Morgan fingerprint density at radius 1 is 1.53 bits per heavy atom. The first-order valence-electron chi connectivity index (χ1n) is 4.35. The average Bonchev–Trinajstić information content (AvgIpc) is 2.56. The van der Waals surface area contributed by atoms with Gasteiger partial charge in [-0.05, 0) is 12.5 Å². The van der Waals surface area contributed by atoms with Crippen LogP contribution in [0, 0.1) is 5.82 Å². The van der Waals surface area contributed by atoms with E-state index >= 15 is 0 Å². The van der Waals surface area contributed by atoms with Gasteiger partial charge in [-0.1, -0.05) is 11.6 Å². The monoisotopic (exact) mass is 254 g/mol.